The summed E-state index contributed by atoms with van der Waals surface area (Å²) >= 11 is 3.54. The zero-order valence-corrected chi connectivity index (χ0v) is 18.7. The maximum atomic E-state index is 12.9. The molecule has 0 aliphatic carbocycles. The number of hydrogen-bond acceptors (Lipinski definition) is 4. The van der Waals surface area contributed by atoms with Crippen molar-refractivity contribution in [3.05, 3.63) is 34.3 Å². The highest BCUT2D eigenvalue weighted by molar-refractivity contribution is 9.10. The highest BCUT2D eigenvalue weighted by atomic mass is 79.9. The maximum absolute atomic E-state index is 12.9. The number of amides is 1. The van der Waals surface area contributed by atoms with Gasteiger partial charge in [0.1, 0.15) is 6.04 Å². The third-order valence-corrected chi connectivity index (χ3v) is 8.38. The van der Waals surface area contributed by atoms with Crippen molar-refractivity contribution in [1.29, 1.82) is 0 Å². The number of rotatable bonds is 7. The van der Waals surface area contributed by atoms with Crippen LogP contribution in [0.1, 0.15) is 44.6 Å². The molecule has 28 heavy (non-hydrogen) atoms. The number of sulfonamides is 1. The number of carbonyl (C=O) groups is 1. The molecule has 1 N–H and O–H groups in total. The molecule has 3 rings (SSSR count). The van der Waals surface area contributed by atoms with Crippen LogP contribution in [-0.2, 0) is 25.0 Å². The first-order valence-corrected chi connectivity index (χ1v) is 12.4. The summed E-state index contributed by atoms with van der Waals surface area (Å²) in [5.74, 6) is -0.0890. The Morgan fingerprint density at radius 3 is 2.79 bits per heavy atom. The Hall–Kier alpha value is -0.960. The van der Waals surface area contributed by atoms with E-state index in [2.05, 4.69) is 33.4 Å². The molecule has 0 aromatic heterocycles. The summed E-state index contributed by atoms with van der Waals surface area (Å²) in [7, 11) is -3.37. The number of halogens is 1. The average Bonchev–Trinajstić information content (AvgIpc) is 3.18. The quantitative estimate of drug-likeness (QED) is 0.661. The molecule has 1 amide bonds. The van der Waals surface area contributed by atoms with Crippen molar-refractivity contribution in [2.45, 2.75) is 50.5 Å². The topological polar surface area (TPSA) is 75.7 Å². The summed E-state index contributed by atoms with van der Waals surface area (Å²) in [6.07, 6.45) is 3.52. The average molecular weight is 473 g/mol. The zero-order valence-electron chi connectivity index (χ0n) is 16.3. The Labute approximate surface area is 176 Å². The second-order valence-electron chi connectivity index (χ2n) is 7.71. The van der Waals surface area contributed by atoms with Crippen LogP contribution in [0, 0.1) is 0 Å². The van der Waals surface area contributed by atoms with E-state index < -0.39 is 16.1 Å². The first kappa shape index (κ1) is 21.7. The van der Waals surface area contributed by atoms with Gasteiger partial charge in [0.15, 0.2) is 0 Å². The minimum Gasteiger partial charge on any atom is -0.381 e. The molecule has 2 heterocycles. The van der Waals surface area contributed by atoms with Gasteiger partial charge in [0, 0.05) is 36.2 Å². The van der Waals surface area contributed by atoms with Crippen LogP contribution in [-0.4, -0.2) is 56.7 Å². The molecule has 2 fully saturated rings. The summed E-state index contributed by atoms with van der Waals surface area (Å²) in [5, 5.41) is 3.08. The van der Waals surface area contributed by atoms with Crippen LogP contribution in [0.4, 0.5) is 0 Å². The summed E-state index contributed by atoms with van der Waals surface area (Å²) in [6.45, 7) is 4.08. The fraction of sp³-hybridized carbons (Fsp3) is 0.650. The minimum atomic E-state index is -3.37. The number of hydrogen-bond donors (Lipinski definition) is 1. The van der Waals surface area contributed by atoms with Gasteiger partial charge in [-0.1, -0.05) is 35.0 Å². The smallest absolute Gasteiger partial charge is 0.238 e. The largest absolute Gasteiger partial charge is 0.381 e. The van der Waals surface area contributed by atoms with Gasteiger partial charge in [-0.05, 0) is 49.8 Å². The first-order valence-electron chi connectivity index (χ1n) is 9.99. The van der Waals surface area contributed by atoms with Crippen molar-refractivity contribution >= 4 is 31.9 Å². The van der Waals surface area contributed by atoms with Gasteiger partial charge in [-0.3, -0.25) is 4.79 Å². The Balaban J connectivity index is 1.74. The van der Waals surface area contributed by atoms with Gasteiger partial charge in [0.25, 0.3) is 0 Å². The molecule has 1 atom stereocenters. The molecule has 1 aromatic rings. The van der Waals surface area contributed by atoms with Crippen LogP contribution in [0.5, 0.6) is 0 Å². The van der Waals surface area contributed by atoms with E-state index in [0.29, 0.717) is 39.1 Å². The molecule has 0 radical (unpaired) electrons. The van der Waals surface area contributed by atoms with E-state index in [1.807, 2.05) is 19.1 Å². The summed E-state index contributed by atoms with van der Waals surface area (Å²) in [6, 6.07) is 7.61. The lowest BCUT2D eigenvalue weighted by atomic mass is 9.74. The van der Waals surface area contributed by atoms with E-state index in [-0.39, 0.29) is 17.1 Å². The second kappa shape index (κ2) is 9.24. The molecule has 0 bridgehead atoms. The van der Waals surface area contributed by atoms with Gasteiger partial charge in [-0.15, -0.1) is 0 Å². The van der Waals surface area contributed by atoms with Crippen molar-refractivity contribution < 1.29 is 17.9 Å². The maximum Gasteiger partial charge on any atom is 0.238 e. The van der Waals surface area contributed by atoms with E-state index in [0.717, 1.165) is 23.7 Å². The summed E-state index contributed by atoms with van der Waals surface area (Å²) < 4.78 is 33.0. The zero-order chi connectivity index (χ0) is 20.2. The normalized spacial score (nSPS) is 22.9. The monoisotopic (exact) mass is 472 g/mol. The molecular weight excluding hydrogens is 444 g/mol. The lowest BCUT2D eigenvalue weighted by Crippen LogP contribution is -2.51. The number of ether oxygens (including phenoxy) is 1. The van der Waals surface area contributed by atoms with Gasteiger partial charge in [0.05, 0.1) is 5.75 Å². The predicted octanol–water partition coefficient (Wildman–Crippen LogP) is 2.82. The fourth-order valence-electron chi connectivity index (χ4n) is 4.23. The lowest BCUT2D eigenvalue weighted by Gasteiger charge is -2.38. The third-order valence-electron chi connectivity index (χ3n) is 5.81. The predicted molar refractivity (Wildman–Crippen MR) is 113 cm³/mol. The highest BCUT2D eigenvalue weighted by Crippen LogP contribution is 2.35. The standard InChI is InChI=1S/C20H29BrN2O4S/c1-2-13-28(25,26)23-10-4-7-18(23)19(24)22-15-20(8-11-27-12-9-20)16-5-3-6-17(21)14-16/h3,5-6,14,18H,2,4,7-13,15H2,1H3,(H,22,24). The summed E-state index contributed by atoms with van der Waals surface area (Å²) in [5.41, 5.74) is 0.982. The van der Waals surface area contributed by atoms with Crippen LogP contribution < -0.4 is 5.32 Å². The van der Waals surface area contributed by atoms with Crippen LogP contribution in [0.25, 0.3) is 0 Å². The molecule has 2 aliphatic heterocycles. The summed E-state index contributed by atoms with van der Waals surface area (Å²) in [4.78, 5) is 12.9. The van der Waals surface area contributed by atoms with E-state index in [4.69, 9.17) is 4.74 Å². The SMILES string of the molecule is CCCS(=O)(=O)N1CCCC1C(=O)NCC1(c2cccc(Br)c2)CCOCC1. The molecule has 2 saturated heterocycles. The highest BCUT2D eigenvalue weighted by Gasteiger charge is 2.40. The fourth-order valence-corrected chi connectivity index (χ4v) is 6.38. The van der Waals surface area contributed by atoms with Gasteiger partial charge >= 0.3 is 0 Å². The van der Waals surface area contributed by atoms with Gasteiger partial charge in [-0.2, -0.15) is 4.31 Å². The van der Waals surface area contributed by atoms with Crippen molar-refractivity contribution in [2.24, 2.45) is 0 Å². The van der Waals surface area contributed by atoms with Crippen molar-refractivity contribution in [3.8, 4) is 0 Å². The molecule has 0 saturated carbocycles. The minimum absolute atomic E-state index is 0.0934. The van der Waals surface area contributed by atoms with Crippen LogP contribution in [0.15, 0.2) is 28.7 Å². The van der Waals surface area contributed by atoms with E-state index in [9.17, 15) is 13.2 Å². The van der Waals surface area contributed by atoms with Crippen molar-refractivity contribution in [2.75, 3.05) is 32.1 Å². The lowest BCUT2D eigenvalue weighted by molar-refractivity contribution is -0.124. The number of nitrogens with zero attached hydrogens (tertiary/aromatic N) is 1. The Bertz CT molecular complexity index is 793. The molecule has 6 nitrogen and oxygen atoms in total. The van der Waals surface area contributed by atoms with Crippen molar-refractivity contribution in [1.82, 2.24) is 9.62 Å². The number of carbonyl (C=O) groups excluding carboxylic acids is 1. The van der Waals surface area contributed by atoms with E-state index >= 15 is 0 Å². The Morgan fingerprint density at radius 2 is 2.11 bits per heavy atom. The molecular formula is C20H29BrN2O4S. The van der Waals surface area contributed by atoms with E-state index in [1.165, 1.54) is 9.87 Å². The molecule has 2 aliphatic rings. The van der Waals surface area contributed by atoms with Crippen LogP contribution >= 0.6 is 15.9 Å². The molecule has 1 aromatic carbocycles. The molecule has 156 valence electrons. The van der Waals surface area contributed by atoms with Crippen LogP contribution in [0.2, 0.25) is 0 Å². The number of nitrogens with one attached hydrogen (secondary N) is 1. The Morgan fingerprint density at radius 1 is 1.36 bits per heavy atom. The first-order chi connectivity index (χ1) is 13.4. The van der Waals surface area contributed by atoms with Gasteiger partial charge < -0.3 is 10.1 Å². The molecule has 1 unspecified atom stereocenters. The van der Waals surface area contributed by atoms with Gasteiger partial charge in [-0.25, -0.2) is 8.42 Å². The Kier molecular flexibility index (Phi) is 7.17. The van der Waals surface area contributed by atoms with Crippen molar-refractivity contribution in [3.63, 3.8) is 0 Å². The second-order valence-corrected chi connectivity index (χ2v) is 10.7. The number of benzene rings is 1. The molecule has 0 spiro atoms. The third kappa shape index (κ3) is 4.78. The van der Waals surface area contributed by atoms with Gasteiger partial charge in [0.2, 0.25) is 15.9 Å². The molecule has 8 heteroatoms. The van der Waals surface area contributed by atoms with Crippen LogP contribution in [0.3, 0.4) is 0 Å². The van der Waals surface area contributed by atoms with E-state index in [1.54, 1.807) is 0 Å².